The smallest absolute Gasteiger partial charge is 0.252 e. The fourth-order valence-electron chi connectivity index (χ4n) is 5.28. The van der Waals surface area contributed by atoms with Gasteiger partial charge in [-0.2, -0.15) is 0 Å². The molecule has 0 bridgehead atoms. The number of aliphatic hydroxyl groups excluding tert-OH is 2. The molecule has 10 heteroatoms. The predicted octanol–water partition coefficient (Wildman–Crippen LogP) is 3.61. The number of sulfone groups is 1. The lowest BCUT2D eigenvalue weighted by atomic mass is 9.97. The average Bonchev–Trinajstić information content (AvgIpc) is 2.93. The van der Waals surface area contributed by atoms with Crippen LogP contribution in [0.3, 0.4) is 0 Å². The number of halogens is 1. The van der Waals surface area contributed by atoms with Crippen molar-refractivity contribution in [2.75, 3.05) is 25.4 Å². The maximum atomic E-state index is 12.9. The molecule has 3 atom stereocenters. The van der Waals surface area contributed by atoms with Crippen LogP contribution in [0.25, 0.3) is 10.8 Å². The van der Waals surface area contributed by atoms with Crippen LogP contribution in [0.1, 0.15) is 42.9 Å². The Kier molecular flexibility index (Phi) is 8.44. The van der Waals surface area contributed by atoms with Gasteiger partial charge < -0.3 is 20.3 Å². The van der Waals surface area contributed by atoms with Crippen molar-refractivity contribution < 1.29 is 28.2 Å². The normalized spacial score (nSPS) is 19.6. The number of amides is 1. The number of aliphatic hydroxyl groups is 2. The summed E-state index contributed by atoms with van der Waals surface area (Å²) in [4.78, 5) is 15.3. The summed E-state index contributed by atoms with van der Waals surface area (Å²) in [7, 11) is -3.97. The van der Waals surface area contributed by atoms with Crippen molar-refractivity contribution in [1.82, 2.24) is 10.2 Å². The topological polar surface area (TPSA) is 116 Å². The standard InChI is InChI=1S/C29H33ClN2O6S/c30-24-16-23-25(10-13-38-27(23)15-21(24)17-32-11-4-1-5-12-32)31-29(35)28(34)26(33)18-39(36,37)22-9-8-19-6-2-3-7-20(19)14-22/h2-3,6-9,14-16,25-26,28,33-34H,1,4-5,10-13,17-18H2,(H,31,35)/t25?,26-,28-/m1/s1. The third-order valence-corrected chi connectivity index (χ3v) is 9.59. The van der Waals surface area contributed by atoms with Crippen molar-refractivity contribution in [1.29, 1.82) is 0 Å². The number of hydrogen-bond acceptors (Lipinski definition) is 7. The van der Waals surface area contributed by atoms with E-state index in [0.29, 0.717) is 29.4 Å². The first-order valence-electron chi connectivity index (χ1n) is 13.3. The molecule has 1 amide bonds. The fraction of sp³-hybridized carbons (Fsp3) is 0.414. The van der Waals surface area contributed by atoms with Crippen molar-refractivity contribution in [3.63, 3.8) is 0 Å². The van der Waals surface area contributed by atoms with E-state index in [0.717, 1.165) is 36.0 Å². The number of benzene rings is 3. The summed E-state index contributed by atoms with van der Waals surface area (Å²) in [5.41, 5.74) is 1.64. The third-order valence-electron chi connectivity index (χ3n) is 7.48. The van der Waals surface area contributed by atoms with E-state index in [1.54, 1.807) is 24.3 Å². The van der Waals surface area contributed by atoms with Crippen LogP contribution < -0.4 is 10.1 Å². The minimum absolute atomic E-state index is 0.0150. The number of carbonyl (C=O) groups is 1. The van der Waals surface area contributed by atoms with Gasteiger partial charge in [-0.3, -0.25) is 9.69 Å². The molecule has 39 heavy (non-hydrogen) atoms. The molecule has 1 saturated heterocycles. The zero-order valence-electron chi connectivity index (χ0n) is 21.6. The third kappa shape index (κ3) is 6.39. The molecular formula is C29H33ClN2O6S. The molecule has 3 aromatic carbocycles. The Hall–Kier alpha value is -2.69. The van der Waals surface area contributed by atoms with E-state index in [4.69, 9.17) is 16.3 Å². The lowest BCUT2D eigenvalue weighted by Gasteiger charge is -2.30. The van der Waals surface area contributed by atoms with Crippen molar-refractivity contribution in [3.8, 4) is 5.75 Å². The van der Waals surface area contributed by atoms with Gasteiger partial charge in [0, 0.05) is 23.6 Å². The van der Waals surface area contributed by atoms with E-state index in [-0.39, 0.29) is 4.90 Å². The van der Waals surface area contributed by atoms with Crippen LogP contribution >= 0.6 is 11.6 Å². The van der Waals surface area contributed by atoms with Crippen molar-refractivity contribution in [3.05, 3.63) is 70.7 Å². The minimum atomic E-state index is -3.97. The SMILES string of the molecule is O=C(NC1CCOc2cc(CN3CCCCC3)c(Cl)cc21)[C@H](O)[C@H](O)CS(=O)(=O)c1ccc2ccccc2c1. The first kappa shape index (κ1) is 27.9. The van der Waals surface area contributed by atoms with Gasteiger partial charge in [0.1, 0.15) is 11.9 Å². The molecule has 2 heterocycles. The Bertz CT molecular complexity index is 1460. The average molecular weight is 573 g/mol. The highest BCUT2D eigenvalue weighted by atomic mass is 35.5. The summed E-state index contributed by atoms with van der Waals surface area (Å²) < 4.78 is 31.7. The Morgan fingerprint density at radius 2 is 1.79 bits per heavy atom. The van der Waals surface area contributed by atoms with E-state index >= 15 is 0 Å². The summed E-state index contributed by atoms with van der Waals surface area (Å²) >= 11 is 6.61. The molecule has 0 saturated carbocycles. The first-order chi connectivity index (χ1) is 18.7. The number of nitrogens with zero attached hydrogens (tertiary/aromatic N) is 1. The highest BCUT2D eigenvalue weighted by Crippen LogP contribution is 2.37. The number of likely N-dealkylation sites (tertiary alicyclic amines) is 1. The van der Waals surface area contributed by atoms with E-state index in [2.05, 4.69) is 10.2 Å². The summed E-state index contributed by atoms with van der Waals surface area (Å²) in [5.74, 6) is -1.03. The van der Waals surface area contributed by atoms with E-state index < -0.39 is 39.7 Å². The van der Waals surface area contributed by atoms with Crippen LogP contribution in [0, 0.1) is 0 Å². The van der Waals surface area contributed by atoms with Crippen molar-refractivity contribution in [2.45, 2.75) is 55.4 Å². The Morgan fingerprint density at radius 1 is 1.05 bits per heavy atom. The number of rotatable bonds is 8. The van der Waals surface area contributed by atoms with Gasteiger partial charge >= 0.3 is 0 Å². The van der Waals surface area contributed by atoms with Gasteiger partial charge in [0.15, 0.2) is 15.9 Å². The van der Waals surface area contributed by atoms with Crippen molar-refractivity contribution in [2.24, 2.45) is 0 Å². The van der Waals surface area contributed by atoms with Crippen LogP contribution in [0.15, 0.2) is 59.5 Å². The predicted molar refractivity (Wildman–Crippen MR) is 150 cm³/mol. The number of fused-ring (bicyclic) bond motifs is 2. The molecule has 0 aromatic heterocycles. The number of piperidine rings is 1. The zero-order valence-corrected chi connectivity index (χ0v) is 23.1. The van der Waals surface area contributed by atoms with E-state index in [1.165, 1.54) is 31.4 Å². The highest BCUT2D eigenvalue weighted by Gasteiger charge is 2.33. The summed E-state index contributed by atoms with van der Waals surface area (Å²) in [6, 6.07) is 15.2. The molecule has 0 aliphatic carbocycles. The second kappa shape index (κ2) is 11.8. The number of nitrogens with one attached hydrogen (secondary N) is 1. The molecule has 1 unspecified atom stereocenters. The van der Waals surface area contributed by atoms with Crippen molar-refractivity contribution >= 4 is 38.1 Å². The van der Waals surface area contributed by atoms with Gasteiger partial charge in [-0.05, 0) is 66.5 Å². The van der Waals surface area contributed by atoms with Crippen LogP contribution in [0.5, 0.6) is 5.75 Å². The fourth-order valence-corrected chi connectivity index (χ4v) is 6.92. The summed E-state index contributed by atoms with van der Waals surface area (Å²) in [6.45, 7) is 3.15. The molecule has 2 aliphatic rings. The second-order valence-corrected chi connectivity index (χ2v) is 12.8. The number of hydrogen-bond donors (Lipinski definition) is 3. The number of carbonyl (C=O) groups excluding carboxylic acids is 1. The molecule has 8 nitrogen and oxygen atoms in total. The molecule has 0 radical (unpaired) electrons. The first-order valence-corrected chi connectivity index (χ1v) is 15.3. The van der Waals surface area contributed by atoms with Gasteiger partial charge in [0.05, 0.1) is 23.3 Å². The monoisotopic (exact) mass is 572 g/mol. The second-order valence-electron chi connectivity index (χ2n) is 10.3. The van der Waals surface area contributed by atoms with Crippen LogP contribution in [0.2, 0.25) is 5.02 Å². The Labute approximate surface area is 233 Å². The molecular weight excluding hydrogens is 540 g/mol. The molecule has 1 fully saturated rings. The summed E-state index contributed by atoms with van der Waals surface area (Å²) in [5, 5.41) is 26.0. The molecule has 2 aliphatic heterocycles. The van der Waals surface area contributed by atoms with Gasteiger partial charge in [0.25, 0.3) is 5.91 Å². The molecule has 208 valence electrons. The molecule has 5 rings (SSSR count). The molecule has 3 N–H and O–H groups in total. The lowest BCUT2D eigenvalue weighted by Crippen LogP contribution is -2.46. The minimum Gasteiger partial charge on any atom is -0.493 e. The van der Waals surface area contributed by atoms with Gasteiger partial charge in [-0.1, -0.05) is 48.4 Å². The van der Waals surface area contributed by atoms with Gasteiger partial charge in [-0.15, -0.1) is 0 Å². The quantitative estimate of drug-likeness (QED) is 0.377. The van der Waals surface area contributed by atoms with Crippen LogP contribution in [-0.4, -0.2) is 67.1 Å². The largest absolute Gasteiger partial charge is 0.493 e. The zero-order chi connectivity index (χ0) is 27.6. The Morgan fingerprint density at radius 3 is 2.56 bits per heavy atom. The summed E-state index contributed by atoms with van der Waals surface area (Å²) in [6.07, 6.45) is 0.292. The molecule has 3 aromatic rings. The maximum Gasteiger partial charge on any atom is 0.252 e. The van der Waals surface area contributed by atoms with Crippen LogP contribution in [0.4, 0.5) is 0 Å². The van der Waals surface area contributed by atoms with Gasteiger partial charge in [-0.25, -0.2) is 8.42 Å². The van der Waals surface area contributed by atoms with Gasteiger partial charge in [0.2, 0.25) is 0 Å². The highest BCUT2D eigenvalue weighted by molar-refractivity contribution is 7.91. The number of ether oxygens (including phenoxy) is 1. The van der Waals surface area contributed by atoms with E-state index in [1.807, 2.05) is 18.2 Å². The Balaban J connectivity index is 1.25. The molecule has 0 spiro atoms. The van der Waals surface area contributed by atoms with Crippen LogP contribution in [-0.2, 0) is 21.2 Å². The lowest BCUT2D eigenvalue weighted by molar-refractivity contribution is -0.135. The maximum absolute atomic E-state index is 12.9. The van der Waals surface area contributed by atoms with E-state index in [9.17, 15) is 23.4 Å².